The number of methoxy groups -OCH3 is 3. The van der Waals surface area contributed by atoms with Crippen molar-refractivity contribution >= 4 is 0 Å². The maximum absolute atomic E-state index is 6.19. The van der Waals surface area contributed by atoms with E-state index in [1.807, 2.05) is 6.07 Å². The molecule has 0 unspecified atom stereocenters. The van der Waals surface area contributed by atoms with Gasteiger partial charge in [-0.1, -0.05) is 6.07 Å². The third-order valence-electron chi connectivity index (χ3n) is 3.47. The van der Waals surface area contributed by atoms with Gasteiger partial charge in [-0.05, 0) is 30.9 Å². The molecule has 0 heterocycles. The minimum Gasteiger partial charge on any atom is -0.493 e. The maximum atomic E-state index is 6.19. The molecule has 0 bridgehead atoms. The SMILES string of the molecule is COCc1c(CC2(N)CC2)ccc(OC)c1OC. The number of ether oxygens (including phenoxy) is 3. The molecule has 1 aromatic carbocycles. The van der Waals surface area contributed by atoms with E-state index in [0.717, 1.165) is 36.3 Å². The van der Waals surface area contributed by atoms with Gasteiger partial charge in [0.2, 0.25) is 0 Å². The molecule has 4 nitrogen and oxygen atoms in total. The third kappa shape index (κ3) is 2.60. The third-order valence-corrected chi connectivity index (χ3v) is 3.47. The summed E-state index contributed by atoms with van der Waals surface area (Å²) in [5, 5.41) is 0. The average Bonchev–Trinajstić information content (AvgIpc) is 3.09. The first kappa shape index (κ1) is 13.2. The van der Waals surface area contributed by atoms with E-state index in [2.05, 4.69) is 6.07 Å². The van der Waals surface area contributed by atoms with E-state index in [0.29, 0.717) is 6.61 Å². The summed E-state index contributed by atoms with van der Waals surface area (Å²) in [5.74, 6) is 1.48. The summed E-state index contributed by atoms with van der Waals surface area (Å²) in [7, 11) is 4.97. The second-order valence-electron chi connectivity index (χ2n) is 4.91. The van der Waals surface area contributed by atoms with Crippen LogP contribution in [-0.4, -0.2) is 26.9 Å². The van der Waals surface area contributed by atoms with Crippen molar-refractivity contribution in [1.82, 2.24) is 0 Å². The highest BCUT2D eigenvalue weighted by molar-refractivity contribution is 5.51. The van der Waals surface area contributed by atoms with Crippen molar-refractivity contribution in [2.75, 3.05) is 21.3 Å². The topological polar surface area (TPSA) is 53.7 Å². The zero-order chi connectivity index (χ0) is 13.2. The fraction of sp³-hybridized carbons (Fsp3) is 0.571. The monoisotopic (exact) mass is 251 g/mol. The Labute approximate surface area is 108 Å². The smallest absolute Gasteiger partial charge is 0.166 e. The molecular formula is C14H21NO3. The highest BCUT2D eigenvalue weighted by atomic mass is 16.5. The summed E-state index contributed by atoms with van der Waals surface area (Å²) < 4.78 is 16.0. The molecule has 0 radical (unpaired) electrons. The van der Waals surface area contributed by atoms with Gasteiger partial charge in [0.1, 0.15) is 0 Å². The van der Waals surface area contributed by atoms with Crippen molar-refractivity contribution in [3.63, 3.8) is 0 Å². The standard InChI is InChI=1S/C14H21NO3/c1-16-9-11-10(8-14(15)6-7-14)4-5-12(17-2)13(11)18-3/h4-5H,6-9,15H2,1-3H3. The van der Waals surface area contributed by atoms with Gasteiger partial charge in [0.25, 0.3) is 0 Å². The predicted octanol–water partition coefficient (Wildman–Crippen LogP) is 1.88. The van der Waals surface area contributed by atoms with Crippen LogP contribution in [0, 0.1) is 0 Å². The first-order valence-electron chi connectivity index (χ1n) is 6.14. The van der Waals surface area contributed by atoms with Gasteiger partial charge in [0.15, 0.2) is 11.5 Å². The number of benzene rings is 1. The van der Waals surface area contributed by atoms with Crippen molar-refractivity contribution in [2.45, 2.75) is 31.4 Å². The zero-order valence-electron chi connectivity index (χ0n) is 11.3. The highest BCUT2D eigenvalue weighted by Crippen LogP contribution is 2.40. The Bertz CT molecular complexity index is 427. The maximum Gasteiger partial charge on any atom is 0.166 e. The van der Waals surface area contributed by atoms with Crippen LogP contribution in [0.15, 0.2) is 12.1 Å². The zero-order valence-corrected chi connectivity index (χ0v) is 11.3. The molecule has 2 N–H and O–H groups in total. The summed E-state index contributed by atoms with van der Waals surface area (Å²) in [6, 6.07) is 3.99. The molecule has 1 saturated carbocycles. The Balaban J connectivity index is 2.37. The van der Waals surface area contributed by atoms with E-state index < -0.39 is 0 Å². The molecule has 1 fully saturated rings. The molecule has 4 heteroatoms. The second-order valence-corrected chi connectivity index (χ2v) is 4.91. The van der Waals surface area contributed by atoms with Gasteiger partial charge in [-0.2, -0.15) is 0 Å². The Morgan fingerprint density at radius 3 is 2.39 bits per heavy atom. The van der Waals surface area contributed by atoms with E-state index in [1.165, 1.54) is 5.56 Å². The van der Waals surface area contributed by atoms with E-state index in [-0.39, 0.29) is 5.54 Å². The van der Waals surface area contributed by atoms with E-state index >= 15 is 0 Å². The molecule has 100 valence electrons. The molecular weight excluding hydrogens is 230 g/mol. The van der Waals surface area contributed by atoms with Gasteiger partial charge in [-0.25, -0.2) is 0 Å². The van der Waals surface area contributed by atoms with Crippen molar-refractivity contribution in [3.8, 4) is 11.5 Å². The molecule has 1 aromatic rings. The molecule has 1 aliphatic rings. The summed E-state index contributed by atoms with van der Waals surface area (Å²) in [6.07, 6.45) is 3.05. The van der Waals surface area contributed by atoms with E-state index in [4.69, 9.17) is 19.9 Å². The fourth-order valence-corrected chi connectivity index (χ4v) is 2.22. The summed E-state index contributed by atoms with van der Waals surface area (Å²) in [4.78, 5) is 0. The van der Waals surface area contributed by atoms with Crippen LogP contribution in [0.25, 0.3) is 0 Å². The van der Waals surface area contributed by atoms with Crippen LogP contribution in [0.2, 0.25) is 0 Å². The van der Waals surface area contributed by atoms with Gasteiger partial charge >= 0.3 is 0 Å². The minimum absolute atomic E-state index is 0.0257. The minimum atomic E-state index is -0.0257. The first-order chi connectivity index (χ1) is 8.63. The second kappa shape index (κ2) is 5.16. The molecule has 0 spiro atoms. The summed E-state index contributed by atoms with van der Waals surface area (Å²) in [5.41, 5.74) is 8.39. The van der Waals surface area contributed by atoms with E-state index in [9.17, 15) is 0 Å². The Morgan fingerprint density at radius 1 is 1.17 bits per heavy atom. The molecule has 0 aromatic heterocycles. The van der Waals surface area contributed by atoms with Crippen LogP contribution < -0.4 is 15.2 Å². The molecule has 0 saturated heterocycles. The lowest BCUT2D eigenvalue weighted by atomic mass is 9.98. The van der Waals surface area contributed by atoms with Gasteiger partial charge in [-0.3, -0.25) is 0 Å². The average molecular weight is 251 g/mol. The lowest BCUT2D eigenvalue weighted by Crippen LogP contribution is -2.25. The van der Waals surface area contributed by atoms with Crippen LogP contribution in [0.5, 0.6) is 11.5 Å². The largest absolute Gasteiger partial charge is 0.493 e. The van der Waals surface area contributed by atoms with Crippen LogP contribution in [0.1, 0.15) is 24.0 Å². The highest BCUT2D eigenvalue weighted by Gasteiger charge is 2.38. The van der Waals surface area contributed by atoms with Crippen LogP contribution in [-0.2, 0) is 17.8 Å². The molecule has 0 amide bonds. The summed E-state index contributed by atoms with van der Waals surface area (Å²) in [6.45, 7) is 0.506. The first-order valence-corrected chi connectivity index (χ1v) is 6.14. The van der Waals surface area contributed by atoms with Crippen molar-refractivity contribution < 1.29 is 14.2 Å². The van der Waals surface area contributed by atoms with Gasteiger partial charge in [-0.15, -0.1) is 0 Å². The quantitative estimate of drug-likeness (QED) is 0.838. The van der Waals surface area contributed by atoms with Crippen LogP contribution in [0.4, 0.5) is 0 Å². The van der Waals surface area contributed by atoms with Crippen LogP contribution >= 0.6 is 0 Å². The van der Waals surface area contributed by atoms with Gasteiger partial charge < -0.3 is 19.9 Å². The number of nitrogens with two attached hydrogens (primary N) is 1. The predicted molar refractivity (Wildman–Crippen MR) is 70.1 cm³/mol. The fourth-order valence-electron chi connectivity index (χ4n) is 2.22. The summed E-state index contributed by atoms with van der Waals surface area (Å²) >= 11 is 0. The number of hydrogen-bond acceptors (Lipinski definition) is 4. The van der Waals surface area contributed by atoms with Gasteiger partial charge in [0, 0.05) is 18.2 Å². The number of hydrogen-bond donors (Lipinski definition) is 1. The van der Waals surface area contributed by atoms with Crippen molar-refractivity contribution in [3.05, 3.63) is 23.3 Å². The Kier molecular flexibility index (Phi) is 3.78. The van der Waals surface area contributed by atoms with Gasteiger partial charge in [0.05, 0.1) is 20.8 Å². The Hall–Kier alpha value is -1.26. The van der Waals surface area contributed by atoms with Crippen molar-refractivity contribution in [1.29, 1.82) is 0 Å². The molecule has 0 atom stereocenters. The molecule has 2 rings (SSSR count). The molecule has 0 aliphatic heterocycles. The molecule has 18 heavy (non-hydrogen) atoms. The van der Waals surface area contributed by atoms with Crippen molar-refractivity contribution in [2.24, 2.45) is 5.73 Å². The van der Waals surface area contributed by atoms with Crippen LogP contribution in [0.3, 0.4) is 0 Å². The lowest BCUT2D eigenvalue weighted by molar-refractivity contribution is 0.180. The normalized spacial score (nSPS) is 16.4. The lowest BCUT2D eigenvalue weighted by Gasteiger charge is -2.18. The molecule has 1 aliphatic carbocycles. The Morgan fingerprint density at radius 2 is 1.89 bits per heavy atom. The van der Waals surface area contributed by atoms with E-state index in [1.54, 1.807) is 21.3 Å². The number of rotatable bonds is 6.